The Kier molecular flexibility index (Phi) is 4.19. The van der Waals surface area contributed by atoms with Crippen LogP contribution in [-0.4, -0.2) is 36.1 Å². The Bertz CT molecular complexity index is 551. The molecule has 1 fully saturated rings. The fourth-order valence-corrected chi connectivity index (χ4v) is 2.85. The number of hydrogen-bond donors (Lipinski definition) is 0. The van der Waals surface area contributed by atoms with Crippen LogP contribution in [0.2, 0.25) is 5.02 Å². The van der Waals surface area contributed by atoms with Gasteiger partial charge in [0.1, 0.15) is 0 Å². The van der Waals surface area contributed by atoms with Gasteiger partial charge in [-0.25, -0.2) is 0 Å². The molecule has 1 aromatic heterocycles. The van der Waals surface area contributed by atoms with E-state index in [4.69, 9.17) is 11.6 Å². The van der Waals surface area contributed by atoms with Gasteiger partial charge in [0.25, 0.3) is 0 Å². The van der Waals surface area contributed by atoms with Crippen LogP contribution in [0.3, 0.4) is 0 Å². The van der Waals surface area contributed by atoms with Gasteiger partial charge < -0.3 is 4.90 Å². The van der Waals surface area contributed by atoms with Crippen molar-refractivity contribution in [2.45, 2.75) is 6.54 Å². The first-order valence-electron chi connectivity index (χ1n) is 6.94. The summed E-state index contributed by atoms with van der Waals surface area (Å²) in [7, 11) is 0. The van der Waals surface area contributed by atoms with Gasteiger partial charge in [0.05, 0.1) is 10.7 Å². The van der Waals surface area contributed by atoms with Crippen LogP contribution >= 0.6 is 11.6 Å². The van der Waals surface area contributed by atoms with Crippen molar-refractivity contribution in [1.82, 2.24) is 9.88 Å². The van der Waals surface area contributed by atoms with Crippen LogP contribution in [0, 0.1) is 0 Å². The minimum absolute atomic E-state index is 0.740. The summed E-state index contributed by atoms with van der Waals surface area (Å²) in [6.45, 7) is 5.17. The lowest BCUT2D eigenvalue weighted by atomic mass is 10.2. The molecule has 0 atom stereocenters. The van der Waals surface area contributed by atoms with Gasteiger partial charge in [0.2, 0.25) is 0 Å². The number of nitrogens with zero attached hydrogens (tertiary/aromatic N) is 3. The molecule has 0 N–H and O–H groups in total. The number of pyridine rings is 1. The van der Waals surface area contributed by atoms with Gasteiger partial charge in [-0.1, -0.05) is 41.9 Å². The Labute approximate surface area is 124 Å². The monoisotopic (exact) mass is 287 g/mol. The molecule has 0 bridgehead atoms. The molecule has 0 radical (unpaired) electrons. The minimum Gasteiger partial charge on any atom is -0.368 e. The number of hydrogen-bond acceptors (Lipinski definition) is 3. The Morgan fingerprint density at radius 1 is 1.00 bits per heavy atom. The maximum atomic E-state index is 6.21. The molecule has 104 valence electrons. The topological polar surface area (TPSA) is 19.4 Å². The molecule has 1 aliphatic heterocycles. The SMILES string of the molecule is Clc1cnccc1N1CCN(Cc2ccccc2)CC1. The predicted molar refractivity (Wildman–Crippen MR) is 83.2 cm³/mol. The van der Waals surface area contributed by atoms with E-state index in [-0.39, 0.29) is 0 Å². The summed E-state index contributed by atoms with van der Waals surface area (Å²) < 4.78 is 0. The maximum Gasteiger partial charge on any atom is 0.0822 e. The lowest BCUT2D eigenvalue weighted by Crippen LogP contribution is -2.46. The number of halogens is 1. The summed E-state index contributed by atoms with van der Waals surface area (Å²) in [5, 5.41) is 0.740. The van der Waals surface area contributed by atoms with Crippen molar-refractivity contribution in [3.63, 3.8) is 0 Å². The highest BCUT2D eigenvalue weighted by Crippen LogP contribution is 2.25. The number of benzene rings is 1. The van der Waals surface area contributed by atoms with Crippen molar-refractivity contribution in [3.05, 3.63) is 59.4 Å². The van der Waals surface area contributed by atoms with Gasteiger partial charge in [-0.15, -0.1) is 0 Å². The number of piperazine rings is 1. The second-order valence-corrected chi connectivity index (χ2v) is 5.48. The third-order valence-electron chi connectivity index (χ3n) is 3.71. The van der Waals surface area contributed by atoms with Crippen molar-refractivity contribution in [3.8, 4) is 0 Å². The highest BCUT2D eigenvalue weighted by molar-refractivity contribution is 6.33. The smallest absolute Gasteiger partial charge is 0.0822 e. The van der Waals surface area contributed by atoms with Crippen LogP contribution in [0.15, 0.2) is 48.8 Å². The molecule has 1 saturated heterocycles. The summed E-state index contributed by atoms with van der Waals surface area (Å²) in [5.41, 5.74) is 2.48. The molecule has 0 saturated carbocycles. The van der Waals surface area contributed by atoms with Gasteiger partial charge >= 0.3 is 0 Å². The summed E-state index contributed by atoms with van der Waals surface area (Å²) in [4.78, 5) is 8.87. The number of anilines is 1. The first-order chi connectivity index (χ1) is 9.83. The van der Waals surface area contributed by atoms with Crippen LogP contribution in [0.1, 0.15) is 5.56 Å². The lowest BCUT2D eigenvalue weighted by Gasteiger charge is -2.36. The third-order valence-corrected chi connectivity index (χ3v) is 4.00. The van der Waals surface area contributed by atoms with E-state index in [0.29, 0.717) is 0 Å². The van der Waals surface area contributed by atoms with Gasteiger partial charge in [0, 0.05) is 45.1 Å². The molecule has 0 amide bonds. The maximum absolute atomic E-state index is 6.21. The summed E-state index contributed by atoms with van der Waals surface area (Å²) in [6, 6.07) is 12.6. The molecule has 20 heavy (non-hydrogen) atoms. The summed E-state index contributed by atoms with van der Waals surface area (Å²) in [5.74, 6) is 0. The Balaban J connectivity index is 1.59. The fourth-order valence-electron chi connectivity index (χ4n) is 2.61. The first kappa shape index (κ1) is 13.4. The normalized spacial score (nSPS) is 16.4. The molecule has 1 aliphatic rings. The van der Waals surface area contributed by atoms with Gasteiger partial charge in [-0.05, 0) is 11.6 Å². The van der Waals surface area contributed by atoms with Gasteiger partial charge in [-0.2, -0.15) is 0 Å². The van der Waals surface area contributed by atoms with Crippen LogP contribution in [0.25, 0.3) is 0 Å². The second kappa shape index (κ2) is 6.25. The van der Waals surface area contributed by atoms with E-state index < -0.39 is 0 Å². The Morgan fingerprint density at radius 3 is 2.45 bits per heavy atom. The number of aromatic nitrogens is 1. The van der Waals surface area contributed by atoms with Crippen LogP contribution in [0.4, 0.5) is 5.69 Å². The Hall–Kier alpha value is -1.58. The average molecular weight is 288 g/mol. The van der Waals surface area contributed by atoms with Gasteiger partial charge in [-0.3, -0.25) is 9.88 Å². The number of rotatable bonds is 3. The predicted octanol–water partition coefficient (Wildman–Crippen LogP) is 3.06. The fraction of sp³-hybridized carbons (Fsp3) is 0.312. The first-order valence-corrected chi connectivity index (χ1v) is 7.31. The zero-order valence-electron chi connectivity index (χ0n) is 11.4. The zero-order valence-corrected chi connectivity index (χ0v) is 12.1. The van der Waals surface area contributed by atoms with Gasteiger partial charge in [0.15, 0.2) is 0 Å². The molecular formula is C16H18ClN3. The largest absolute Gasteiger partial charge is 0.368 e. The molecule has 3 rings (SSSR count). The molecule has 2 aromatic rings. The highest BCUT2D eigenvalue weighted by atomic mass is 35.5. The molecule has 0 aliphatic carbocycles. The highest BCUT2D eigenvalue weighted by Gasteiger charge is 2.18. The zero-order chi connectivity index (χ0) is 13.8. The standard InChI is InChI=1S/C16H18ClN3/c17-15-12-18-7-6-16(15)20-10-8-19(9-11-20)13-14-4-2-1-3-5-14/h1-7,12H,8-11,13H2. The van der Waals surface area contributed by atoms with Crippen LogP contribution < -0.4 is 4.90 Å². The van der Waals surface area contributed by atoms with E-state index >= 15 is 0 Å². The van der Waals surface area contributed by atoms with Crippen molar-refractivity contribution < 1.29 is 0 Å². The summed E-state index contributed by atoms with van der Waals surface area (Å²) in [6.07, 6.45) is 3.52. The van der Waals surface area contributed by atoms with E-state index in [0.717, 1.165) is 43.4 Å². The summed E-state index contributed by atoms with van der Waals surface area (Å²) >= 11 is 6.21. The van der Waals surface area contributed by atoms with Crippen molar-refractivity contribution in [1.29, 1.82) is 0 Å². The molecule has 2 heterocycles. The molecule has 0 unspecified atom stereocenters. The van der Waals surface area contributed by atoms with E-state index in [9.17, 15) is 0 Å². The second-order valence-electron chi connectivity index (χ2n) is 5.08. The van der Waals surface area contributed by atoms with Crippen molar-refractivity contribution in [2.75, 3.05) is 31.1 Å². The third kappa shape index (κ3) is 3.11. The molecule has 4 heteroatoms. The van der Waals surface area contributed by atoms with E-state index in [1.54, 1.807) is 12.4 Å². The molecule has 1 aromatic carbocycles. The van der Waals surface area contributed by atoms with E-state index in [2.05, 4.69) is 45.1 Å². The Morgan fingerprint density at radius 2 is 1.75 bits per heavy atom. The molecule has 0 spiro atoms. The van der Waals surface area contributed by atoms with E-state index in [1.165, 1.54) is 5.56 Å². The van der Waals surface area contributed by atoms with Crippen LogP contribution in [-0.2, 0) is 6.54 Å². The molecular weight excluding hydrogens is 270 g/mol. The van der Waals surface area contributed by atoms with Crippen molar-refractivity contribution in [2.24, 2.45) is 0 Å². The quantitative estimate of drug-likeness (QED) is 0.865. The molecule has 3 nitrogen and oxygen atoms in total. The minimum atomic E-state index is 0.740. The average Bonchev–Trinajstić information content (AvgIpc) is 2.50. The lowest BCUT2D eigenvalue weighted by molar-refractivity contribution is 0.250. The van der Waals surface area contributed by atoms with E-state index in [1.807, 2.05) is 6.07 Å². The van der Waals surface area contributed by atoms with Crippen molar-refractivity contribution >= 4 is 17.3 Å². The van der Waals surface area contributed by atoms with Crippen LogP contribution in [0.5, 0.6) is 0 Å².